The second kappa shape index (κ2) is 8.56. The minimum absolute atomic E-state index is 0.0919. The highest BCUT2D eigenvalue weighted by atomic mass is 35.5. The summed E-state index contributed by atoms with van der Waals surface area (Å²) in [5, 5.41) is 6.22. The number of urea groups is 1. The number of anilines is 1. The first-order valence-corrected chi connectivity index (χ1v) is 9.34. The smallest absolute Gasteiger partial charge is 0.319 e. The molecule has 1 aromatic heterocycles. The lowest BCUT2D eigenvalue weighted by Gasteiger charge is -2.11. The first kappa shape index (κ1) is 18.7. The Kier molecular flexibility index (Phi) is 6.16. The van der Waals surface area contributed by atoms with E-state index in [-0.39, 0.29) is 5.56 Å². The van der Waals surface area contributed by atoms with Crippen molar-refractivity contribution in [2.75, 3.05) is 11.9 Å². The van der Waals surface area contributed by atoms with Crippen LogP contribution in [0.15, 0.2) is 35.4 Å². The molecule has 1 aliphatic rings. The summed E-state index contributed by atoms with van der Waals surface area (Å²) in [7, 11) is 0. The largest absolute Gasteiger partial charge is 0.336 e. The first-order chi connectivity index (χ1) is 12.5. The zero-order valence-electron chi connectivity index (χ0n) is 14.2. The predicted molar refractivity (Wildman–Crippen MR) is 103 cm³/mol. The Morgan fingerprint density at radius 1 is 1.15 bits per heavy atom. The fourth-order valence-corrected chi connectivity index (χ4v) is 3.67. The number of nitrogens with one attached hydrogen (secondary N) is 2. The molecule has 3 rings (SSSR count). The van der Waals surface area contributed by atoms with Crippen LogP contribution in [-0.2, 0) is 6.54 Å². The van der Waals surface area contributed by atoms with Crippen molar-refractivity contribution in [2.45, 2.75) is 38.1 Å². The van der Waals surface area contributed by atoms with Crippen LogP contribution in [0.2, 0.25) is 10.0 Å². The third kappa shape index (κ3) is 4.99. The van der Waals surface area contributed by atoms with E-state index in [1.165, 1.54) is 17.4 Å². The van der Waals surface area contributed by atoms with E-state index < -0.39 is 6.03 Å². The van der Waals surface area contributed by atoms with Crippen molar-refractivity contribution in [3.8, 4) is 0 Å². The third-order valence-electron chi connectivity index (χ3n) is 4.43. The number of amides is 2. The maximum Gasteiger partial charge on any atom is 0.319 e. The quantitative estimate of drug-likeness (QED) is 0.803. The number of hydrogen-bond acceptors (Lipinski definition) is 3. The van der Waals surface area contributed by atoms with Gasteiger partial charge in [0.15, 0.2) is 0 Å². The van der Waals surface area contributed by atoms with E-state index in [1.807, 2.05) is 0 Å². The van der Waals surface area contributed by atoms with Gasteiger partial charge >= 0.3 is 6.03 Å². The van der Waals surface area contributed by atoms with Gasteiger partial charge in [0, 0.05) is 40.8 Å². The van der Waals surface area contributed by atoms with Gasteiger partial charge in [-0.1, -0.05) is 36.0 Å². The van der Waals surface area contributed by atoms with Gasteiger partial charge in [-0.15, -0.1) is 0 Å². The molecule has 1 aromatic carbocycles. The van der Waals surface area contributed by atoms with Crippen LogP contribution in [0, 0.1) is 0 Å². The van der Waals surface area contributed by atoms with Crippen molar-refractivity contribution in [3.05, 3.63) is 56.7 Å². The summed E-state index contributed by atoms with van der Waals surface area (Å²) in [6.45, 7) is 0.644. The molecule has 1 heterocycles. The monoisotopic (exact) mass is 394 g/mol. The van der Waals surface area contributed by atoms with Crippen LogP contribution in [0.1, 0.15) is 37.3 Å². The molecule has 0 spiro atoms. The Morgan fingerprint density at radius 3 is 2.50 bits per heavy atom. The van der Waals surface area contributed by atoms with Crippen LogP contribution in [0.4, 0.5) is 10.5 Å². The zero-order chi connectivity index (χ0) is 18.5. The molecule has 2 aromatic rings. The van der Waals surface area contributed by atoms with Gasteiger partial charge in [0.1, 0.15) is 0 Å². The van der Waals surface area contributed by atoms with Crippen LogP contribution >= 0.6 is 23.2 Å². The van der Waals surface area contributed by atoms with Gasteiger partial charge in [-0.25, -0.2) is 9.78 Å². The van der Waals surface area contributed by atoms with E-state index in [2.05, 4.69) is 15.6 Å². The van der Waals surface area contributed by atoms with Gasteiger partial charge in [0.05, 0.1) is 12.0 Å². The number of benzene rings is 1. The third-order valence-corrected chi connectivity index (χ3v) is 4.87. The van der Waals surface area contributed by atoms with E-state index >= 15 is 0 Å². The van der Waals surface area contributed by atoms with E-state index in [4.69, 9.17) is 23.2 Å². The van der Waals surface area contributed by atoms with Gasteiger partial charge in [0.25, 0.3) is 5.56 Å². The summed E-state index contributed by atoms with van der Waals surface area (Å²) in [6, 6.07) is 6.00. The number of aromatic nitrogens is 2. The molecule has 0 saturated heterocycles. The summed E-state index contributed by atoms with van der Waals surface area (Å²) in [4.78, 5) is 28.5. The fourth-order valence-electron chi connectivity index (χ4n) is 3.14. The lowest BCUT2D eigenvalue weighted by Crippen LogP contribution is -2.33. The molecule has 6 nitrogen and oxygen atoms in total. The highest BCUT2D eigenvalue weighted by Crippen LogP contribution is 2.32. The summed E-state index contributed by atoms with van der Waals surface area (Å²) in [6.07, 6.45) is 6.17. The van der Waals surface area contributed by atoms with Crippen LogP contribution in [0.5, 0.6) is 0 Å². The molecular formula is C18H20Cl2N4O2. The molecule has 1 aliphatic carbocycles. The summed E-state index contributed by atoms with van der Waals surface area (Å²) >= 11 is 11.8. The van der Waals surface area contributed by atoms with Crippen molar-refractivity contribution in [1.82, 2.24) is 14.9 Å². The molecule has 2 amide bonds. The minimum atomic E-state index is -0.396. The van der Waals surface area contributed by atoms with Crippen molar-refractivity contribution < 1.29 is 4.79 Å². The Hall–Kier alpha value is -2.05. The van der Waals surface area contributed by atoms with Gasteiger partial charge in [-0.05, 0) is 31.0 Å². The molecule has 26 heavy (non-hydrogen) atoms. The van der Waals surface area contributed by atoms with Crippen molar-refractivity contribution in [2.24, 2.45) is 0 Å². The maximum absolute atomic E-state index is 12.2. The van der Waals surface area contributed by atoms with Crippen LogP contribution in [-0.4, -0.2) is 22.1 Å². The van der Waals surface area contributed by atoms with Crippen molar-refractivity contribution >= 4 is 34.9 Å². The summed E-state index contributed by atoms with van der Waals surface area (Å²) < 4.78 is 1.50. The molecule has 0 unspecified atom stereocenters. The topological polar surface area (TPSA) is 76.0 Å². The molecule has 0 aliphatic heterocycles. The van der Waals surface area contributed by atoms with E-state index in [1.54, 1.807) is 30.6 Å². The second-order valence-corrected chi connectivity index (χ2v) is 7.24. The van der Waals surface area contributed by atoms with Gasteiger partial charge in [-0.2, -0.15) is 0 Å². The number of rotatable bonds is 5. The Labute approximate surface area is 161 Å². The molecule has 0 radical (unpaired) electrons. The molecule has 0 bridgehead atoms. The summed E-state index contributed by atoms with van der Waals surface area (Å²) in [5.41, 5.74) is 1.29. The van der Waals surface area contributed by atoms with Crippen LogP contribution in [0.25, 0.3) is 0 Å². The standard InChI is InChI=1S/C18H20Cl2N4O2/c19-13-7-14(20)9-15(8-13)23-18(26)21-5-6-24-11-22-16(10-17(24)25)12-3-1-2-4-12/h7-12H,1-6H2,(H2,21,23,26). The van der Waals surface area contributed by atoms with Crippen LogP contribution in [0.3, 0.4) is 0 Å². The highest BCUT2D eigenvalue weighted by molar-refractivity contribution is 6.35. The minimum Gasteiger partial charge on any atom is -0.336 e. The Morgan fingerprint density at radius 2 is 1.85 bits per heavy atom. The molecule has 138 valence electrons. The normalized spacial score (nSPS) is 14.4. The number of halogens is 2. The maximum atomic E-state index is 12.2. The lowest BCUT2D eigenvalue weighted by atomic mass is 10.0. The van der Waals surface area contributed by atoms with E-state index in [0.717, 1.165) is 18.5 Å². The SMILES string of the molecule is O=C(NCCn1cnc(C2CCCC2)cc1=O)Nc1cc(Cl)cc(Cl)c1. The highest BCUT2D eigenvalue weighted by Gasteiger charge is 2.18. The first-order valence-electron chi connectivity index (χ1n) is 8.58. The van der Waals surface area contributed by atoms with Gasteiger partial charge in [0.2, 0.25) is 0 Å². The fraction of sp³-hybridized carbons (Fsp3) is 0.389. The Balaban J connectivity index is 1.51. The van der Waals surface area contributed by atoms with E-state index in [9.17, 15) is 9.59 Å². The second-order valence-electron chi connectivity index (χ2n) is 6.37. The molecular weight excluding hydrogens is 375 g/mol. The Bertz CT molecular complexity index is 827. The molecule has 0 atom stereocenters. The molecule has 2 N–H and O–H groups in total. The summed E-state index contributed by atoms with van der Waals surface area (Å²) in [5.74, 6) is 0.408. The average Bonchev–Trinajstić information content (AvgIpc) is 3.09. The number of carbonyl (C=O) groups excluding carboxylic acids is 1. The zero-order valence-corrected chi connectivity index (χ0v) is 15.7. The average molecular weight is 395 g/mol. The molecule has 1 fully saturated rings. The van der Waals surface area contributed by atoms with E-state index in [0.29, 0.717) is 34.7 Å². The molecule has 1 saturated carbocycles. The van der Waals surface area contributed by atoms with Crippen molar-refractivity contribution in [3.63, 3.8) is 0 Å². The van der Waals surface area contributed by atoms with Crippen LogP contribution < -0.4 is 16.2 Å². The number of nitrogens with zero attached hydrogens (tertiary/aromatic N) is 2. The van der Waals surface area contributed by atoms with Gasteiger partial charge < -0.3 is 10.6 Å². The number of carbonyl (C=O) groups is 1. The van der Waals surface area contributed by atoms with Crippen molar-refractivity contribution in [1.29, 1.82) is 0 Å². The number of hydrogen-bond donors (Lipinski definition) is 2. The molecule has 8 heteroatoms. The lowest BCUT2D eigenvalue weighted by molar-refractivity contribution is 0.251. The van der Waals surface area contributed by atoms with Gasteiger partial charge in [-0.3, -0.25) is 9.36 Å². The predicted octanol–water partition coefficient (Wildman–Crippen LogP) is 4.03.